The number of nitrogens with zero attached hydrogens (tertiary/aromatic N) is 3. The van der Waals surface area contributed by atoms with E-state index in [1.807, 2.05) is 17.8 Å². The topological polar surface area (TPSA) is 50.8 Å². The Labute approximate surface area is 83.1 Å². The Morgan fingerprint density at radius 2 is 2.29 bits per heavy atom. The average Bonchev–Trinajstić information content (AvgIpc) is 2.61. The van der Waals surface area contributed by atoms with Crippen LogP contribution in [0, 0.1) is 18.3 Å². The van der Waals surface area contributed by atoms with Gasteiger partial charge in [0.05, 0.1) is 17.3 Å². The minimum atomic E-state index is 0.407. The van der Waals surface area contributed by atoms with Crippen molar-refractivity contribution in [3.63, 3.8) is 0 Å². The maximum absolute atomic E-state index is 8.80. The van der Waals surface area contributed by atoms with Gasteiger partial charge in [-0.2, -0.15) is 10.4 Å². The van der Waals surface area contributed by atoms with Gasteiger partial charge in [-0.3, -0.25) is 4.68 Å². The molecule has 0 radical (unpaired) electrons. The zero-order chi connectivity index (χ0) is 9.97. The summed E-state index contributed by atoms with van der Waals surface area (Å²) in [7, 11) is 0. The lowest BCUT2D eigenvalue weighted by atomic mass is 10.1. The molecule has 0 saturated carbocycles. The van der Waals surface area contributed by atoms with Crippen molar-refractivity contribution < 1.29 is 4.74 Å². The predicted octanol–water partition coefficient (Wildman–Crippen LogP) is 1.41. The third-order valence-electron chi connectivity index (χ3n) is 2.60. The normalized spacial score (nSPS) is 18.0. The molecule has 1 aliphatic heterocycles. The lowest BCUT2D eigenvalue weighted by molar-refractivity contribution is 0.0661. The van der Waals surface area contributed by atoms with Crippen LogP contribution in [0.15, 0.2) is 6.20 Å². The van der Waals surface area contributed by atoms with Crippen molar-refractivity contribution in [1.82, 2.24) is 9.78 Å². The Morgan fingerprint density at radius 1 is 1.57 bits per heavy atom. The van der Waals surface area contributed by atoms with E-state index in [4.69, 9.17) is 10.00 Å². The van der Waals surface area contributed by atoms with Crippen LogP contribution in [0.4, 0.5) is 0 Å². The van der Waals surface area contributed by atoms with Gasteiger partial charge in [-0.15, -0.1) is 0 Å². The summed E-state index contributed by atoms with van der Waals surface area (Å²) in [5, 5.41) is 13.1. The second kappa shape index (κ2) is 3.81. The molecule has 0 aromatic carbocycles. The highest BCUT2D eigenvalue weighted by atomic mass is 16.5. The van der Waals surface area contributed by atoms with E-state index in [-0.39, 0.29) is 0 Å². The maximum Gasteiger partial charge on any atom is 0.103 e. The van der Waals surface area contributed by atoms with Crippen LogP contribution in [0.2, 0.25) is 0 Å². The number of aromatic nitrogens is 2. The first-order valence-electron chi connectivity index (χ1n) is 4.85. The molecule has 0 spiro atoms. The minimum Gasteiger partial charge on any atom is -0.381 e. The average molecular weight is 191 g/mol. The van der Waals surface area contributed by atoms with Crippen LogP contribution < -0.4 is 0 Å². The van der Waals surface area contributed by atoms with E-state index in [1.165, 1.54) is 0 Å². The summed E-state index contributed by atoms with van der Waals surface area (Å²) in [6.45, 7) is 3.46. The van der Waals surface area contributed by atoms with E-state index in [1.54, 1.807) is 0 Å². The van der Waals surface area contributed by atoms with Crippen molar-refractivity contribution in [2.75, 3.05) is 13.2 Å². The predicted molar refractivity (Wildman–Crippen MR) is 50.8 cm³/mol. The Kier molecular flexibility index (Phi) is 2.51. The Balaban J connectivity index is 2.19. The highest BCUT2D eigenvalue weighted by Gasteiger charge is 2.17. The molecule has 4 nitrogen and oxygen atoms in total. The van der Waals surface area contributed by atoms with Crippen molar-refractivity contribution in [3.8, 4) is 6.07 Å². The molecule has 0 atom stereocenters. The van der Waals surface area contributed by atoms with Gasteiger partial charge < -0.3 is 4.74 Å². The second-order valence-electron chi connectivity index (χ2n) is 3.56. The SMILES string of the molecule is Cc1nn(C2CCOCC2)cc1C#N. The third-order valence-corrected chi connectivity index (χ3v) is 2.60. The number of ether oxygens (including phenoxy) is 1. The number of nitriles is 1. The van der Waals surface area contributed by atoms with Gasteiger partial charge >= 0.3 is 0 Å². The van der Waals surface area contributed by atoms with Crippen LogP contribution in [0.1, 0.15) is 30.1 Å². The summed E-state index contributed by atoms with van der Waals surface area (Å²) >= 11 is 0. The molecule has 0 bridgehead atoms. The zero-order valence-electron chi connectivity index (χ0n) is 8.23. The molecule has 2 heterocycles. The van der Waals surface area contributed by atoms with Gasteiger partial charge in [0.2, 0.25) is 0 Å². The first-order valence-corrected chi connectivity index (χ1v) is 4.85. The smallest absolute Gasteiger partial charge is 0.103 e. The van der Waals surface area contributed by atoms with Crippen LogP contribution in [-0.2, 0) is 4.74 Å². The molecule has 4 heteroatoms. The van der Waals surface area contributed by atoms with Gasteiger partial charge in [-0.25, -0.2) is 0 Å². The first kappa shape index (κ1) is 9.22. The van der Waals surface area contributed by atoms with Crippen molar-refractivity contribution in [2.24, 2.45) is 0 Å². The number of hydrogen-bond acceptors (Lipinski definition) is 3. The first-order chi connectivity index (χ1) is 6.81. The molecule has 0 aliphatic carbocycles. The van der Waals surface area contributed by atoms with Crippen molar-refractivity contribution >= 4 is 0 Å². The molecular formula is C10H13N3O. The molecule has 2 rings (SSSR count). The van der Waals surface area contributed by atoms with E-state index in [0.717, 1.165) is 31.7 Å². The highest BCUT2D eigenvalue weighted by molar-refractivity contribution is 5.29. The molecule has 0 N–H and O–H groups in total. The molecule has 1 aliphatic rings. The minimum absolute atomic E-state index is 0.407. The molecular weight excluding hydrogens is 178 g/mol. The monoisotopic (exact) mass is 191 g/mol. The lowest BCUT2D eigenvalue weighted by Gasteiger charge is -2.22. The summed E-state index contributed by atoms with van der Waals surface area (Å²) < 4.78 is 7.19. The summed E-state index contributed by atoms with van der Waals surface area (Å²) in [5.41, 5.74) is 1.50. The molecule has 1 aromatic heterocycles. The van der Waals surface area contributed by atoms with Crippen LogP contribution in [-0.4, -0.2) is 23.0 Å². The van der Waals surface area contributed by atoms with Crippen LogP contribution in [0.5, 0.6) is 0 Å². The number of aryl methyl sites for hydroxylation is 1. The van der Waals surface area contributed by atoms with E-state index < -0.39 is 0 Å². The highest BCUT2D eigenvalue weighted by Crippen LogP contribution is 2.21. The summed E-state index contributed by atoms with van der Waals surface area (Å²) in [6, 6.07) is 2.55. The fourth-order valence-corrected chi connectivity index (χ4v) is 1.73. The van der Waals surface area contributed by atoms with Crippen molar-refractivity contribution in [3.05, 3.63) is 17.5 Å². The summed E-state index contributed by atoms with van der Waals surface area (Å²) in [5.74, 6) is 0. The maximum atomic E-state index is 8.80. The zero-order valence-corrected chi connectivity index (χ0v) is 8.23. The van der Waals surface area contributed by atoms with Gasteiger partial charge in [0, 0.05) is 19.4 Å². The van der Waals surface area contributed by atoms with E-state index in [9.17, 15) is 0 Å². The molecule has 0 amide bonds. The fourth-order valence-electron chi connectivity index (χ4n) is 1.73. The number of hydrogen-bond donors (Lipinski definition) is 0. The van der Waals surface area contributed by atoms with E-state index in [0.29, 0.717) is 11.6 Å². The van der Waals surface area contributed by atoms with E-state index >= 15 is 0 Å². The van der Waals surface area contributed by atoms with E-state index in [2.05, 4.69) is 11.2 Å². The standard InChI is InChI=1S/C10H13N3O/c1-8-9(6-11)7-13(12-8)10-2-4-14-5-3-10/h7,10H,2-5H2,1H3. The van der Waals surface area contributed by atoms with Gasteiger partial charge in [-0.1, -0.05) is 0 Å². The Morgan fingerprint density at radius 3 is 2.86 bits per heavy atom. The molecule has 1 aromatic rings. The van der Waals surface area contributed by atoms with Gasteiger partial charge in [0.25, 0.3) is 0 Å². The summed E-state index contributed by atoms with van der Waals surface area (Å²) in [4.78, 5) is 0. The second-order valence-corrected chi connectivity index (χ2v) is 3.56. The quantitative estimate of drug-likeness (QED) is 0.674. The van der Waals surface area contributed by atoms with Crippen molar-refractivity contribution in [2.45, 2.75) is 25.8 Å². The van der Waals surface area contributed by atoms with Gasteiger partial charge in [-0.05, 0) is 19.8 Å². The Hall–Kier alpha value is -1.34. The molecule has 1 fully saturated rings. The fraction of sp³-hybridized carbons (Fsp3) is 0.600. The molecule has 0 unspecified atom stereocenters. The summed E-state index contributed by atoms with van der Waals surface area (Å²) in [6.07, 6.45) is 3.82. The third kappa shape index (κ3) is 1.64. The molecule has 74 valence electrons. The number of rotatable bonds is 1. The van der Waals surface area contributed by atoms with Crippen molar-refractivity contribution in [1.29, 1.82) is 5.26 Å². The van der Waals surface area contributed by atoms with Gasteiger partial charge in [0.15, 0.2) is 0 Å². The van der Waals surface area contributed by atoms with Crippen LogP contribution in [0.3, 0.4) is 0 Å². The largest absolute Gasteiger partial charge is 0.381 e. The van der Waals surface area contributed by atoms with Crippen LogP contribution >= 0.6 is 0 Å². The lowest BCUT2D eigenvalue weighted by Crippen LogP contribution is -2.19. The van der Waals surface area contributed by atoms with Gasteiger partial charge in [0.1, 0.15) is 6.07 Å². The van der Waals surface area contributed by atoms with Crippen LogP contribution in [0.25, 0.3) is 0 Å². The Bertz CT molecular complexity index is 358. The molecule has 14 heavy (non-hydrogen) atoms. The molecule has 1 saturated heterocycles.